The second kappa shape index (κ2) is 10.8. The zero-order valence-corrected chi connectivity index (χ0v) is 20.7. The average molecular weight is 466 g/mol. The van der Waals surface area contributed by atoms with Gasteiger partial charge >= 0.3 is 0 Å². The third-order valence-corrected chi connectivity index (χ3v) is 6.43. The molecule has 182 valence electrons. The molecule has 2 aromatic carbocycles. The lowest BCUT2D eigenvalue weighted by atomic mass is 9.91. The van der Waals surface area contributed by atoms with Gasteiger partial charge in [-0.1, -0.05) is 12.1 Å². The Balaban J connectivity index is 1.36. The normalized spacial score (nSPS) is 17.9. The molecule has 1 fully saturated rings. The van der Waals surface area contributed by atoms with E-state index in [0.29, 0.717) is 36.1 Å². The van der Waals surface area contributed by atoms with Gasteiger partial charge in [-0.05, 0) is 43.9 Å². The summed E-state index contributed by atoms with van der Waals surface area (Å²) >= 11 is 0. The van der Waals surface area contributed by atoms with E-state index < -0.39 is 0 Å². The van der Waals surface area contributed by atoms with Crippen LogP contribution in [-0.4, -0.2) is 57.5 Å². The fourth-order valence-electron chi connectivity index (χ4n) is 4.57. The van der Waals surface area contributed by atoms with Crippen LogP contribution in [0.3, 0.4) is 0 Å². The number of anilines is 2. The van der Waals surface area contributed by atoms with Gasteiger partial charge in [0.05, 0.1) is 26.8 Å². The molecule has 8 nitrogen and oxygen atoms in total. The van der Waals surface area contributed by atoms with Gasteiger partial charge in [0.1, 0.15) is 11.6 Å². The molecule has 0 bridgehead atoms. The molecule has 34 heavy (non-hydrogen) atoms. The molecule has 0 saturated heterocycles. The Hall–Kier alpha value is -3.26. The van der Waals surface area contributed by atoms with Crippen molar-refractivity contribution in [2.45, 2.75) is 44.3 Å². The summed E-state index contributed by atoms with van der Waals surface area (Å²) in [7, 11) is 8.99. The minimum Gasteiger partial charge on any atom is -0.496 e. The van der Waals surface area contributed by atoms with Gasteiger partial charge in [0.2, 0.25) is 5.95 Å². The van der Waals surface area contributed by atoms with Crippen molar-refractivity contribution >= 4 is 22.7 Å². The van der Waals surface area contributed by atoms with Gasteiger partial charge < -0.3 is 29.7 Å². The molecule has 0 atom stereocenters. The third kappa shape index (κ3) is 5.28. The smallest absolute Gasteiger partial charge is 0.225 e. The lowest BCUT2D eigenvalue weighted by molar-refractivity contribution is 0.339. The van der Waals surface area contributed by atoms with Gasteiger partial charge in [-0.2, -0.15) is 4.98 Å². The van der Waals surface area contributed by atoms with Crippen LogP contribution in [0.2, 0.25) is 0 Å². The van der Waals surface area contributed by atoms with Crippen molar-refractivity contribution in [3.63, 3.8) is 0 Å². The fourth-order valence-corrected chi connectivity index (χ4v) is 4.57. The average Bonchev–Trinajstić information content (AvgIpc) is 2.87. The monoisotopic (exact) mass is 465 g/mol. The molecule has 3 aromatic rings. The standard InChI is InChI=1S/C26H35N5O3/c1-31(2)25-20-8-6-7-9-21(20)29-26(30-25)28-19-12-10-18(11-13-19)27-16-17-14-23(33-4)24(34-5)15-22(17)32-3/h6-9,14-15,18-19,27H,10-13,16H2,1-5H3,(H,28,29,30). The Morgan fingerprint density at radius 3 is 2.18 bits per heavy atom. The van der Waals surface area contributed by atoms with E-state index in [4.69, 9.17) is 24.2 Å². The molecule has 0 amide bonds. The predicted molar refractivity (Wildman–Crippen MR) is 136 cm³/mol. The number of ether oxygens (including phenoxy) is 3. The van der Waals surface area contributed by atoms with Gasteiger partial charge in [-0.25, -0.2) is 4.98 Å². The highest BCUT2D eigenvalue weighted by atomic mass is 16.5. The number of nitrogens with zero attached hydrogens (tertiary/aromatic N) is 3. The molecular weight excluding hydrogens is 430 g/mol. The number of nitrogens with one attached hydrogen (secondary N) is 2. The lowest BCUT2D eigenvalue weighted by Crippen LogP contribution is -2.37. The summed E-state index contributed by atoms with van der Waals surface area (Å²) < 4.78 is 16.4. The first-order valence-electron chi connectivity index (χ1n) is 11.7. The number of rotatable bonds is 9. The molecule has 2 N–H and O–H groups in total. The predicted octanol–water partition coefficient (Wildman–Crippen LogP) is 4.23. The van der Waals surface area contributed by atoms with Crippen LogP contribution in [0.1, 0.15) is 31.2 Å². The topological polar surface area (TPSA) is 80.8 Å². The summed E-state index contributed by atoms with van der Waals surface area (Å²) in [5.74, 6) is 3.82. The van der Waals surface area contributed by atoms with Crippen LogP contribution in [0.15, 0.2) is 36.4 Å². The van der Waals surface area contributed by atoms with E-state index in [1.165, 1.54) is 0 Å². The van der Waals surface area contributed by atoms with E-state index in [-0.39, 0.29) is 0 Å². The Bertz CT molecular complexity index is 1110. The van der Waals surface area contributed by atoms with Crippen molar-refractivity contribution in [3.8, 4) is 17.2 Å². The van der Waals surface area contributed by atoms with Crippen LogP contribution < -0.4 is 29.7 Å². The number of para-hydroxylation sites is 1. The number of aromatic nitrogens is 2. The van der Waals surface area contributed by atoms with Gasteiger partial charge in [-0.15, -0.1) is 0 Å². The lowest BCUT2D eigenvalue weighted by Gasteiger charge is -2.30. The Morgan fingerprint density at radius 2 is 1.50 bits per heavy atom. The summed E-state index contributed by atoms with van der Waals surface area (Å²) in [4.78, 5) is 11.6. The van der Waals surface area contributed by atoms with E-state index in [9.17, 15) is 0 Å². The maximum Gasteiger partial charge on any atom is 0.225 e. The van der Waals surface area contributed by atoms with E-state index in [2.05, 4.69) is 16.7 Å². The van der Waals surface area contributed by atoms with Gasteiger partial charge in [0.25, 0.3) is 0 Å². The molecule has 0 spiro atoms. The molecule has 0 aliphatic heterocycles. The summed E-state index contributed by atoms with van der Waals surface area (Å²) in [6, 6.07) is 12.8. The third-order valence-electron chi connectivity index (χ3n) is 6.43. The zero-order valence-electron chi connectivity index (χ0n) is 20.7. The molecule has 0 unspecified atom stereocenters. The van der Waals surface area contributed by atoms with E-state index in [1.54, 1.807) is 21.3 Å². The molecule has 1 aliphatic carbocycles. The highest BCUT2D eigenvalue weighted by Gasteiger charge is 2.23. The highest BCUT2D eigenvalue weighted by Crippen LogP contribution is 2.35. The second-order valence-electron chi connectivity index (χ2n) is 8.88. The Kier molecular flexibility index (Phi) is 7.57. The Labute approximate surface area is 201 Å². The summed E-state index contributed by atoms with van der Waals surface area (Å²) in [6.45, 7) is 0.715. The first-order chi connectivity index (χ1) is 16.5. The Morgan fingerprint density at radius 1 is 0.853 bits per heavy atom. The van der Waals surface area contributed by atoms with Gasteiger partial charge in [0, 0.05) is 49.7 Å². The molecule has 1 aromatic heterocycles. The van der Waals surface area contributed by atoms with Crippen LogP contribution >= 0.6 is 0 Å². The number of benzene rings is 2. The van der Waals surface area contributed by atoms with Crippen LogP contribution in [0.4, 0.5) is 11.8 Å². The van der Waals surface area contributed by atoms with Crippen molar-refractivity contribution in [3.05, 3.63) is 42.0 Å². The molecule has 1 heterocycles. The number of hydrogen-bond acceptors (Lipinski definition) is 8. The molecular formula is C26H35N5O3. The first kappa shape index (κ1) is 23.9. The van der Waals surface area contributed by atoms with Crippen LogP contribution in [0.25, 0.3) is 10.9 Å². The maximum absolute atomic E-state index is 5.56. The zero-order chi connectivity index (χ0) is 24.1. The summed E-state index contributed by atoms with van der Waals surface area (Å²) in [5.41, 5.74) is 2.02. The van der Waals surface area contributed by atoms with Gasteiger partial charge in [0.15, 0.2) is 11.5 Å². The molecule has 0 radical (unpaired) electrons. The van der Waals surface area contributed by atoms with Crippen molar-refractivity contribution in [2.75, 3.05) is 45.6 Å². The van der Waals surface area contributed by atoms with Crippen molar-refractivity contribution in [2.24, 2.45) is 0 Å². The van der Waals surface area contributed by atoms with E-state index >= 15 is 0 Å². The number of fused-ring (bicyclic) bond motifs is 1. The first-order valence-corrected chi connectivity index (χ1v) is 11.7. The molecule has 1 aliphatic rings. The van der Waals surface area contributed by atoms with E-state index in [0.717, 1.165) is 53.7 Å². The fraction of sp³-hybridized carbons (Fsp3) is 0.462. The highest BCUT2D eigenvalue weighted by molar-refractivity contribution is 5.90. The quantitative estimate of drug-likeness (QED) is 0.486. The number of hydrogen-bond donors (Lipinski definition) is 2. The van der Waals surface area contributed by atoms with Gasteiger partial charge in [-0.3, -0.25) is 0 Å². The minimum absolute atomic E-state index is 0.366. The maximum atomic E-state index is 5.56. The summed E-state index contributed by atoms with van der Waals surface area (Å²) in [6.07, 6.45) is 4.30. The number of methoxy groups -OCH3 is 3. The largest absolute Gasteiger partial charge is 0.496 e. The van der Waals surface area contributed by atoms with Crippen molar-refractivity contribution in [1.82, 2.24) is 15.3 Å². The van der Waals surface area contributed by atoms with Crippen molar-refractivity contribution in [1.29, 1.82) is 0 Å². The SMILES string of the molecule is COc1cc(OC)c(OC)cc1CNC1CCC(Nc2nc(N(C)C)c3ccccc3n2)CC1. The van der Waals surface area contributed by atoms with Crippen LogP contribution in [0.5, 0.6) is 17.2 Å². The minimum atomic E-state index is 0.366. The van der Waals surface area contributed by atoms with E-state index in [1.807, 2.05) is 49.3 Å². The molecule has 8 heteroatoms. The molecule has 4 rings (SSSR count). The molecule has 1 saturated carbocycles. The van der Waals surface area contributed by atoms with Crippen molar-refractivity contribution < 1.29 is 14.2 Å². The summed E-state index contributed by atoms with van der Waals surface area (Å²) in [5, 5.41) is 8.34. The van der Waals surface area contributed by atoms with Crippen LogP contribution in [0, 0.1) is 0 Å². The van der Waals surface area contributed by atoms with Crippen LogP contribution in [-0.2, 0) is 6.54 Å². The second-order valence-corrected chi connectivity index (χ2v) is 8.88.